The summed E-state index contributed by atoms with van der Waals surface area (Å²) in [5.74, 6) is 1.32. The first-order valence-electron chi connectivity index (χ1n) is 6.04. The normalized spacial score (nSPS) is 19.4. The molecule has 0 bridgehead atoms. The summed E-state index contributed by atoms with van der Waals surface area (Å²) in [4.78, 5) is 0. The molecule has 1 aliphatic heterocycles. The second-order valence-corrected chi connectivity index (χ2v) is 5.54. The fraction of sp³-hybridized carbons (Fsp3) is 0.538. The van der Waals surface area contributed by atoms with Crippen LogP contribution in [0.2, 0.25) is 0 Å². The van der Waals surface area contributed by atoms with Crippen LogP contribution in [-0.4, -0.2) is 17.5 Å². The van der Waals surface area contributed by atoms with Crippen LogP contribution in [0.1, 0.15) is 31.2 Å². The average Bonchev–Trinajstić information content (AvgIpc) is 2.64. The second-order valence-electron chi connectivity index (χ2n) is 4.69. The quantitative estimate of drug-likeness (QED) is 0.932. The maximum atomic E-state index is 8.87. The molecule has 0 radical (unpaired) electrons. The van der Waals surface area contributed by atoms with E-state index in [0.717, 1.165) is 47.2 Å². The number of hydrogen-bond donors (Lipinski definition) is 1. The zero-order chi connectivity index (χ0) is 11.9. The summed E-state index contributed by atoms with van der Waals surface area (Å²) < 4.78 is 12.8. The molecule has 1 heterocycles. The number of aliphatic hydroxyl groups excluding tert-OH is 1. The zero-order valence-corrected chi connectivity index (χ0v) is 11.1. The summed E-state index contributed by atoms with van der Waals surface area (Å²) in [5.41, 5.74) is 1.16. The van der Waals surface area contributed by atoms with Gasteiger partial charge in [-0.15, -0.1) is 0 Å². The number of halogens is 1. The van der Waals surface area contributed by atoms with E-state index in [9.17, 15) is 0 Å². The zero-order valence-electron chi connectivity index (χ0n) is 9.54. The molecular weight excluding hydrogens is 284 g/mol. The van der Waals surface area contributed by atoms with Gasteiger partial charge in [-0.25, -0.2) is 0 Å². The third-order valence-electron chi connectivity index (χ3n) is 3.42. The number of rotatable bonds is 3. The van der Waals surface area contributed by atoms with Crippen molar-refractivity contribution < 1.29 is 14.6 Å². The van der Waals surface area contributed by atoms with Crippen molar-refractivity contribution in [1.29, 1.82) is 0 Å². The second kappa shape index (κ2) is 4.18. The minimum Gasteiger partial charge on any atom is -0.448 e. The maximum Gasteiger partial charge on any atom is 0.251 e. The molecule has 1 N–H and O–H groups in total. The van der Waals surface area contributed by atoms with Crippen LogP contribution in [0.5, 0.6) is 11.5 Å². The Kier molecular flexibility index (Phi) is 2.79. The van der Waals surface area contributed by atoms with E-state index in [1.54, 1.807) is 0 Å². The third-order valence-corrected chi connectivity index (χ3v) is 4.16. The molecule has 1 fully saturated rings. The molecule has 1 aromatic carbocycles. The number of fused-ring (bicyclic) bond motifs is 1. The van der Waals surface area contributed by atoms with Gasteiger partial charge in [0.15, 0.2) is 11.5 Å². The first kappa shape index (κ1) is 11.4. The first-order valence-corrected chi connectivity index (χ1v) is 6.83. The van der Waals surface area contributed by atoms with Crippen LogP contribution in [0.15, 0.2) is 16.6 Å². The molecule has 0 saturated heterocycles. The van der Waals surface area contributed by atoms with Gasteiger partial charge in [0.05, 0.1) is 0 Å². The Balaban J connectivity index is 1.85. The highest BCUT2D eigenvalue weighted by Gasteiger charge is 2.47. The Bertz CT molecular complexity index is 441. The average molecular weight is 299 g/mol. The van der Waals surface area contributed by atoms with Crippen molar-refractivity contribution in [1.82, 2.24) is 0 Å². The van der Waals surface area contributed by atoms with E-state index in [1.807, 2.05) is 12.1 Å². The standard InChI is InChI=1S/C13H15BrO3/c14-10-8-12-11(7-9(10)3-1-6-15)16-13(17-12)4-2-5-13/h7-8,15H,1-6H2. The Labute approximate surface area is 109 Å². The van der Waals surface area contributed by atoms with Crippen molar-refractivity contribution in [2.45, 2.75) is 37.9 Å². The minimum atomic E-state index is -0.364. The minimum absolute atomic E-state index is 0.213. The Morgan fingerprint density at radius 3 is 2.53 bits per heavy atom. The molecule has 4 heteroatoms. The van der Waals surface area contributed by atoms with Gasteiger partial charge in [0.2, 0.25) is 0 Å². The van der Waals surface area contributed by atoms with Crippen LogP contribution >= 0.6 is 15.9 Å². The predicted molar refractivity (Wildman–Crippen MR) is 67.4 cm³/mol. The highest BCUT2D eigenvalue weighted by Crippen LogP contribution is 2.49. The fourth-order valence-electron chi connectivity index (χ4n) is 2.29. The van der Waals surface area contributed by atoms with E-state index in [2.05, 4.69) is 15.9 Å². The molecule has 2 aliphatic rings. The number of ether oxygens (including phenoxy) is 2. The molecule has 92 valence electrons. The van der Waals surface area contributed by atoms with E-state index in [4.69, 9.17) is 14.6 Å². The number of hydrogen-bond acceptors (Lipinski definition) is 3. The van der Waals surface area contributed by atoms with Crippen molar-refractivity contribution >= 4 is 15.9 Å². The highest BCUT2D eigenvalue weighted by atomic mass is 79.9. The summed E-state index contributed by atoms with van der Waals surface area (Å²) in [5, 5.41) is 8.87. The molecule has 1 aromatic rings. The number of aryl methyl sites for hydroxylation is 1. The van der Waals surface area contributed by atoms with Gasteiger partial charge in [-0.1, -0.05) is 15.9 Å². The van der Waals surface area contributed by atoms with E-state index in [0.29, 0.717) is 0 Å². The lowest BCUT2D eigenvalue weighted by Gasteiger charge is -2.35. The molecule has 1 saturated carbocycles. The molecule has 3 rings (SSSR count). The van der Waals surface area contributed by atoms with Gasteiger partial charge in [-0.2, -0.15) is 0 Å². The van der Waals surface area contributed by atoms with Gasteiger partial charge in [0, 0.05) is 23.9 Å². The maximum absolute atomic E-state index is 8.87. The summed E-state index contributed by atoms with van der Waals surface area (Å²) in [6.07, 6.45) is 4.74. The lowest BCUT2D eigenvalue weighted by atomic mass is 9.91. The molecular formula is C13H15BrO3. The van der Waals surface area contributed by atoms with Gasteiger partial charge >= 0.3 is 0 Å². The fourth-order valence-corrected chi connectivity index (χ4v) is 2.81. The molecule has 0 aromatic heterocycles. The molecule has 0 amide bonds. The van der Waals surface area contributed by atoms with Crippen LogP contribution in [0, 0.1) is 0 Å². The summed E-state index contributed by atoms with van der Waals surface area (Å²) in [6, 6.07) is 4.01. The van der Waals surface area contributed by atoms with Gasteiger partial charge in [0.25, 0.3) is 5.79 Å². The van der Waals surface area contributed by atoms with Crippen LogP contribution < -0.4 is 9.47 Å². The first-order chi connectivity index (χ1) is 8.22. The monoisotopic (exact) mass is 298 g/mol. The Morgan fingerprint density at radius 2 is 1.94 bits per heavy atom. The number of aliphatic hydroxyl groups is 1. The molecule has 1 spiro atoms. The molecule has 0 unspecified atom stereocenters. The van der Waals surface area contributed by atoms with E-state index < -0.39 is 0 Å². The summed E-state index contributed by atoms with van der Waals surface area (Å²) >= 11 is 3.54. The predicted octanol–water partition coefficient (Wildman–Crippen LogP) is 3.03. The van der Waals surface area contributed by atoms with Gasteiger partial charge in [0.1, 0.15) is 0 Å². The van der Waals surface area contributed by atoms with E-state index in [-0.39, 0.29) is 12.4 Å². The van der Waals surface area contributed by atoms with Gasteiger partial charge < -0.3 is 14.6 Å². The summed E-state index contributed by atoms with van der Waals surface area (Å²) in [7, 11) is 0. The van der Waals surface area contributed by atoms with Crippen LogP contribution in [0.3, 0.4) is 0 Å². The van der Waals surface area contributed by atoms with Gasteiger partial charge in [-0.05, 0) is 37.0 Å². The van der Waals surface area contributed by atoms with Crippen molar-refractivity contribution in [2.75, 3.05) is 6.61 Å². The van der Waals surface area contributed by atoms with Gasteiger partial charge in [-0.3, -0.25) is 0 Å². The topological polar surface area (TPSA) is 38.7 Å². The van der Waals surface area contributed by atoms with Crippen molar-refractivity contribution in [3.8, 4) is 11.5 Å². The van der Waals surface area contributed by atoms with Crippen molar-refractivity contribution in [3.63, 3.8) is 0 Å². The highest BCUT2D eigenvalue weighted by molar-refractivity contribution is 9.10. The van der Waals surface area contributed by atoms with Crippen molar-refractivity contribution in [3.05, 3.63) is 22.2 Å². The van der Waals surface area contributed by atoms with E-state index in [1.165, 1.54) is 6.42 Å². The largest absolute Gasteiger partial charge is 0.448 e. The molecule has 17 heavy (non-hydrogen) atoms. The lowest BCUT2D eigenvalue weighted by molar-refractivity contribution is -0.138. The smallest absolute Gasteiger partial charge is 0.251 e. The molecule has 0 atom stereocenters. The SMILES string of the molecule is OCCCc1cc2c(cc1Br)OC1(CCC1)O2. The van der Waals surface area contributed by atoms with Crippen LogP contribution in [0.4, 0.5) is 0 Å². The Morgan fingerprint density at radius 1 is 1.24 bits per heavy atom. The van der Waals surface area contributed by atoms with Crippen LogP contribution in [-0.2, 0) is 6.42 Å². The molecule has 3 nitrogen and oxygen atoms in total. The lowest BCUT2D eigenvalue weighted by Crippen LogP contribution is -2.45. The molecule has 1 aliphatic carbocycles. The third kappa shape index (κ3) is 1.93. The number of benzene rings is 1. The van der Waals surface area contributed by atoms with Crippen molar-refractivity contribution in [2.24, 2.45) is 0 Å². The Hall–Kier alpha value is -0.740. The van der Waals surface area contributed by atoms with Crippen LogP contribution in [0.25, 0.3) is 0 Å². The summed E-state index contributed by atoms with van der Waals surface area (Å²) in [6.45, 7) is 0.213. The van der Waals surface area contributed by atoms with E-state index >= 15 is 0 Å².